The second-order valence-corrected chi connectivity index (χ2v) is 5.87. The van der Waals surface area contributed by atoms with Crippen LogP contribution in [0.4, 0.5) is 4.39 Å². The minimum Gasteiger partial charge on any atom is -0.352 e. The minimum atomic E-state index is -0.299. The molecular weight excluding hydrogens is 329 g/mol. The van der Waals surface area contributed by atoms with Crippen LogP contribution in [-0.2, 0) is 6.42 Å². The van der Waals surface area contributed by atoms with E-state index in [1.54, 1.807) is 60.7 Å². The van der Waals surface area contributed by atoms with Crippen LogP contribution in [0.1, 0.15) is 31.8 Å². The standard InChI is InChI=1S/C22H18FNO2/c23-18-12-10-16(11-13-18)14-15-24-22(26)20-9-5-4-8-19(20)21(25)17-6-2-1-3-7-17/h1-13H,14-15H2,(H,24,26). The Labute approximate surface area is 151 Å². The average Bonchev–Trinajstić information content (AvgIpc) is 2.69. The predicted molar refractivity (Wildman–Crippen MR) is 98.8 cm³/mol. The topological polar surface area (TPSA) is 46.2 Å². The van der Waals surface area contributed by atoms with Gasteiger partial charge in [0.05, 0.1) is 5.56 Å². The van der Waals surface area contributed by atoms with Crippen molar-refractivity contribution in [2.45, 2.75) is 6.42 Å². The molecule has 1 amide bonds. The number of amides is 1. The molecule has 130 valence electrons. The third-order valence-corrected chi connectivity index (χ3v) is 4.06. The fourth-order valence-corrected chi connectivity index (χ4v) is 2.69. The second kappa shape index (κ2) is 8.21. The third-order valence-electron chi connectivity index (χ3n) is 4.06. The highest BCUT2D eigenvalue weighted by Gasteiger charge is 2.17. The predicted octanol–water partition coefficient (Wildman–Crippen LogP) is 4.03. The van der Waals surface area contributed by atoms with Gasteiger partial charge in [-0.2, -0.15) is 0 Å². The molecule has 0 saturated heterocycles. The lowest BCUT2D eigenvalue weighted by molar-refractivity contribution is 0.0942. The zero-order valence-electron chi connectivity index (χ0n) is 14.1. The van der Waals surface area contributed by atoms with Crippen molar-refractivity contribution in [1.82, 2.24) is 5.32 Å². The van der Waals surface area contributed by atoms with E-state index in [1.807, 2.05) is 6.07 Å². The summed E-state index contributed by atoms with van der Waals surface area (Å²) >= 11 is 0. The molecule has 0 bridgehead atoms. The Morgan fingerprint density at radius 3 is 2.08 bits per heavy atom. The molecule has 26 heavy (non-hydrogen) atoms. The summed E-state index contributed by atoms with van der Waals surface area (Å²) in [6, 6.07) is 21.8. The molecule has 3 rings (SSSR count). The number of hydrogen-bond acceptors (Lipinski definition) is 2. The van der Waals surface area contributed by atoms with E-state index in [9.17, 15) is 14.0 Å². The van der Waals surface area contributed by atoms with Crippen LogP contribution < -0.4 is 5.32 Å². The molecule has 0 atom stereocenters. The van der Waals surface area contributed by atoms with Crippen molar-refractivity contribution >= 4 is 11.7 Å². The number of nitrogens with one attached hydrogen (secondary N) is 1. The number of benzene rings is 3. The van der Waals surface area contributed by atoms with E-state index in [2.05, 4.69) is 5.32 Å². The second-order valence-electron chi connectivity index (χ2n) is 5.87. The molecule has 0 radical (unpaired) electrons. The van der Waals surface area contributed by atoms with Gasteiger partial charge in [0.2, 0.25) is 0 Å². The van der Waals surface area contributed by atoms with E-state index >= 15 is 0 Å². The van der Waals surface area contributed by atoms with Crippen molar-refractivity contribution < 1.29 is 14.0 Å². The van der Waals surface area contributed by atoms with Crippen LogP contribution in [-0.4, -0.2) is 18.2 Å². The van der Waals surface area contributed by atoms with E-state index in [1.165, 1.54) is 12.1 Å². The Hall–Kier alpha value is -3.27. The van der Waals surface area contributed by atoms with E-state index in [4.69, 9.17) is 0 Å². The van der Waals surface area contributed by atoms with Crippen molar-refractivity contribution in [3.05, 3.63) is 107 Å². The van der Waals surface area contributed by atoms with Crippen LogP contribution in [0.3, 0.4) is 0 Å². The molecular formula is C22H18FNO2. The zero-order chi connectivity index (χ0) is 18.4. The molecule has 0 aliphatic heterocycles. The van der Waals surface area contributed by atoms with Gasteiger partial charge in [-0.1, -0.05) is 60.7 Å². The molecule has 4 heteroatoms. The maximum absolute atomic E-state index is 12.9. The normalized spacial score (nSPS) is 10.3. The molecule has 0 heterocycles. The largest absolute Gasteiger partial charge is 0.352 e. The summed E-state index contributed by atoms with van der Waals surface area (Å²) < 4.78 is 12.9. The van der Waals surface area contributed by atoms with Crippen molar-refractivity contribution in [2.75, 3.05) is 6.54 Å². The summed E-state index contributed by atoms with van der Waals surface area (Å²) in [5.74, 6) is -0.770. The van der Waals surface area contributed by atoms with Crippen LogP contribution in [0.2, 0.25) is 0 Å². The number of hydrogen-bond donors (Lipinski definition) is 1. The van der Waals surface area contributed by atoms with Crippen LogP contribution in [0, 0.1) is 5.82 Å². The van der Waals surface area contributed by atoms with Gasteiger partial charge in [0.15, 0.2) is 5.78 Å². The van der Waals surface area contributed by atoms with Crippen molar-refractivity contribution in [1.29, 1.82) is 0 Å². The summed E-state index contributed by atoms with van der Waals surface area (Å²) in [5.41, 5.74) is 2.19. The summed E-state index contributed by atoms with van der Waals surface area (Å²) in [6.07, 6.45) is 0.584. The fourth-order valence-electron chi connectivity index (χ4n) is 2.69. The maximum atomic E-state index is 12.9. The van der Waals surface area contributed by atoms with Gasteiger partial charge >= 0.3 is 0 Å². The molecule has 1 N–H and O–H groups in total. The van der Waals surface area contributed by atoms with Crippen LogP contribution in [0.15, 0.2) is 78.9 Å². The van der Waals surface area contributed by atoms with Crippen LogP contribution in [0.25, 0.3) is 0 Å². The molecule has 0 spiro atoms. The molecule has 0 unspecified atom stereocenters. The van der Waals surface area contributed by atoms with E-state index < -0.39 is 0 Å². The molecule has 0 aromatic heterocycles. The number of rotatable bonds is 6. The maximum Gasteiger partial charge on any atom is 0.252 e. The first kappa shape index (κ1) is 17.5. The highest BCUT2D eigenvalue weighted by Crippen LogP contribution is 2.15. The van der Waals surface area contributed by atoms with Gasteiger partial charge < -0.3 is 5.32 Å². The third kappa shape index (κ3) is 4.22. The number of halogens is 1. The monoisotopic (exact) mass is 347 g/mol. The van der Waals surface area contributed by atoms with Crippen molar-refractivity contribution in [3.8, 4) is 0 Å². The molecule has 3 aromatic rings. The molecule has 0 saturated carbocycles. The lowest BCUT2D eigenvalue weighted by Crippen LogP contribution is -2.27. The number of ketones is 1. The first-order valence-corrected chi connectivity index (χ1v) is 8.36. The minimum absolute atomic E-state index is 0.185. The van der Waals surface area contributed by atoms with E-state index in [0.717, 1.165) is 5.56 Å². The Bertz CT molecular complexity index is 905. The van der Waals surface area contributed by atoms with E-state index in [0.29, 0.717) is 29.7 Å². The molecule has 0 aliphatic rings. The molecule has 3 aromatic carbocycles. The summed E-state index contributed by atoms with van der Waals surface area (Å²) in [4.78, 5) is 25.2. The Morgan fingerprint density at radius 1 is 0.769 bits per heavy atom. The van der Waals surface area contributed by atoms with Gasteiger partial charge in [-0.25, -0.2) is 4.39 Å². The SMILES string of the molecule is O=C(NCCc1ccc(F)cc1)c1ccccc1C(=O)c1ccccc1. The Kier molecular flexibility index (Phi) is 5.54. The van der Waals surface area contributed by atoms with Crippen molar-refractivity contribution in [3.63, 3.8) is 0 Å². The fraction of sp³-hybridized carbons (Fsp3) is 0.0909. The van der Waals surface area contributed by atoms with Crippen LogP contribution >= 0.6 is 0 Å². The van der Waals surface area contributed by atoms with Gasteiger partial charge in [-0.3, -0.25) is 9.59 Å². The molecule has 3 nitrogen and oxygen atoms in total. The van der Waals surface area contributed by atoms with Gasteiger partial charge in [-0.05, 0) is 30.2 Å². The lowest BCUT2D eigenvalue weighted by atomic mass is 9.98. The highest BCUT2D eigenvalue weighted by atomic mass is 19.1. The highest BCUT2D eigenvalue weighted by molar-refractivity contribution is 6.15. The Morgan fingerprint density at radius 2 is 1.38 bits per heavy atom. The summed E-state index contributed by atoms with van der Waals surface area (Å²) in [7, 11) is 0. The van der Waals surface area contributed by atoms with Gasteiger partial charge in [0.1, 0.15) is 5.82 Å². The van der Waals surface area contributed by atoms with E-state index in [-0.39, 0.29) is 17.5 Å². The summed E-state index contributed by atoms with van der Waals surface area (Å²) in [6.45, 7) is 0.401. The van der Waals surface area contributed by atoms with Crippen molar-refractivity contribution in [2.24, 2.45) is 0 Å². The van der Waals surface area contributed by atoms with Gasteiger partial charge in [-0.15, -0.1) is 0 Å². The first-order valence-electron chi connectivity index (χ1n) is 8.36. The number of carbonyl (C=O) groups is 2. The zero-order valence-corrected chi connectivity index (χ0v) is 14.1. The smallest absolute Gasteiger partial charge is 0.252 e. The quantitative estimate of drug-likeness (QED) is 0.684. The molecule has 0 aliphatic carbocycles. The van der Waals surface area contributed by atoms with Crippen LogP contribution in [0.5, 0.6) is 0 Å². The Balaban J connectivity index is 1.70. The van der Waals surface area contributed by atoms with Gasteiger partial charge in [0.25, 0.3) is 5.91 Å². The lowest BCUT2D eigenvalue weighted by Gasteiger charge is -2.10. The first-order chi connectivity index (χ1) is 12.6. The number of carbonyl (C=O) groups excluding carboxylic acids is 2. The average molecular weight is 347 g/mol. The molecule has 0 fully saturated rings. The summed E-state index contributed by atoms with van der Waals surface area (Å²) in [5, 5.41) is 2.82. The van der Waals surface area contributed by atoms with Gasteiger partial charge in [0, 0.05) is 17.7 Å².